The summed E-state index contributed by atoms with van der Waals surface area (Å²) in [7, 11) is 3.29. The van der Waals surface area contributed by atoms with Crippen LogP contribution in [0.15, 0.2) is 70.8 Å². The number of hydrogen-bond acceptors (Lipinski definition) is 5. The van der Waals surface area contributed by atoms with Crippen molar-refractivity contribution in [2.75, 3.05) is 14.2 Å². The zero-order valence-electron chi connectivity index (χ0n) is 22.2. The first-order valence-electron chi connectivity index (χ1n) is 13.1. The van der Waals surface area contributed by atoms with Crippen LogP contribution in [0.3, 0.4) is 0 Å². The van der Waals surface area contributed by atoms with Gasteiger partial charge in [-0.3, -0.25) is 4.99 Å². The molecule has 3 aromatic carbocycles. The fraction of sp³-hybridized carbons (Fsp3) is 0.355. The highest BCUT2D eigenvalue weighted by Gasteiger charge is 2.35. The van der Waals surface area contributed by atoms with Gasteiger partial charge in [0, 0.05) is 17.0 Å². The summed E-state index contributed by atoms with van der Waals surface area (Å²) >= 11 is 0. The molecule has 0 unspecified atom stereocenters. The molecule has 0 bridgehead atoms. The average Bonchev–Trinajstić information content (AvgIpc) is 2.95. The molecule has 1 aliphatic heterocycles. The highest BCUT2D eigenvalue weighted by molar-refractivity contribution is 6.16. The Morgan fingerprint density at radius 1 is 0.949 bits per heavy atom. The predicted molar refractivity (Wildman–Crippen MR) is 145 cm³/mol. The molecule has 3 aromatic rings. The Morgan fingerprint density at radius 2 is 1.69 bits per heavy atom. The zero-order valence-corrected chi connectivity index (χ0v) is 22.2. The lowest BCUT2D eigenvalue weighted by Crippen LogP contribution is -2.29. The molecule has 0 amide bonds. The maximum atomic E-state index is 13.0. The molecule has 1 fully saturated rings. The Labute approximate surface area is 226 Å². The Kier molecular flexibility index (Phi) is 7.64. The van der Waals surface area contributed by atoms with Crippen LogP contribution in [0, 0.1) is 0 Å². The van der Waals surface area contributed by atoms with E-state index in [0.717, 1.165) is 59.5 Å². The third kappa shape index (κ3) is 5.65. The quantitative estimate of drug-likeness (QED) is 0.232. The number of oxime groups is 1. The minimum Gasteiger partial charge on any atom is -0.493 e. The van der Waals surface area contributed by atoms with E-state index in [4.69, 9.17) is 19.3 Å². The van der Waals surface area contributed by atoms with E-state index in [1.165, 1.54) is 18.1 Å². The number of aliphatic imine (C=N–C) groups is 1. The van der Waals surface area contributed by atoms with Crippen molar-refractivity contribution in [3.8, 4) is 11.5 Å². The molecule has 0 N–H and O–H groups in total. The number of methoxy groups -OCH3 is 2. The summed E-state index contributed by atoms with van der Waals surface area (Å²) in [6.45, 7) is 1.75. The van der Waals surface area contributed by atoms with Gasteiger partial charge in [0.05, 0.1) is 37.2 Å². The van der Waals surface area contributed by atoms with Crippen LogP contribution in [-0.2, 0) is 17.6 Å². The monoisotopic (exact) mass is 536 g/mol. The van der Waals surface area contributed by atoms with Crippen molar-refractivity contribution in [2.45, 2.75) is 57.3 Å². The highest BCUT2D eigenvalue weighted by atomic mass is 19.4. The highest BCUT2D eigenvalue weighted by Crippen LogP contribution is 2.44. The lowest BCUT2D eigenvalue weighted by Gasteiger charge is -2.35. The second-order valence-electron chi connectivity index (χ2n) is 9.96. The van der Waals surface area contributed by atoms with Crippen LogP contribution in [-0.4, -0.2) is 31.7 Å². The van der Waals surface area contributed by atoms with E-state index in [2.05, 4.69) is 11.2 Å². The van der Waals surface area contributed by atoms with Crippen molar-refractivity contribution in [3.05, 3.63) is 94.0 Å². The van der Waals surface area contributed by atoms with Gasteiger partial charge >= 0.3 is 6.18 Å². The summed E-state index contributed by atoms with van der Waals surface area (Å²) < 4.78 is 50.2. The van der Waals surface area contributed by atoms with Crippen LogP contribution in [0.4, 0.5) is 13.2 Å². The molecule has 5 rings (SSSR count). The number of halogens is 3. The molecule has 1 heterocycles. The Hall–Kier alpha value is -3.81. The van der Waals surface area contributed by atoms with Crippen molar-refractivity contribution in [3.63, 3.8) is 0 Å². The largest absolute Gasteiger partial charge is 0.493 e. The summed E-state index contributed by atoms with van der Waals surface area (Å²) in [5.41, 5.74) is 5.29. The molecule has 8 heteroatoms. The zero-order chi connectivity index (χ0) is 27.6. The molecule has 2 atom stereocenters. The standard InChI is InChI=1S/C31H31F3N2O3/c1-19(36-39-18-20-8-6-11-23(14-20)31(32,33)34)21-9-7-10-22(15-21)30-26-17-29(38-3)28(37-2)16-25(26)24-12-4-5-13-27(24)35-30/h6-11,14-17,24,27H,4-5,12-13,18H2,1-3H3/t24-,27-/m1/s1. The summed E-state index contributed by atoms with van der Waals surface area (Å²) in [6, 6.07) is 17.3. The van der Waals surface area contributed by atoms with Crippen LogP contribution >= 0.6 is 0 Å². The third-order valence-electron chi connectivity index (χ3n) is 7.48. The summed E-state index contributed by atoms with van der Waals surface area (Å²) in [6.07, 6.45) is 0.0917. The summed E-state index contributed by atoms with van der Waals surface area (Å²) in [5.74, 6) is 1.74. The molecule has 2 aliphatic rings. The molecule has 1 saturated carbocycles. The summed E-state index contributed by atoms with van der Waals surface area (Å²) in [5, 5.41) is 4.19. The van der Waals surface area contributed by atoms with Crippen LogP contribution < -0.4 is 9.47 Å². The summed E-state index contributed by atoms with van der Waals surface area (Å²) in [4.78, 5) is 10.7. The topological polar surface area (TPSA) is 52.4 Å². The smallest absolute Gasteiger partial charge is 0.416 e. The number of ether oxygens (including phenoxy) is 2. The minimum atomic E-state index is -4.40. The Balaban J connectivity index is 1.42. The van der Waals surface area contributed by atoms with E-state index in [9.17, 15) is 13.2 Å². The van der Waals surface area contributed by atoms with Gasteiger partial charge in [0.2, 0.25) is 0 Å². The van der Waals surface area contributed by atoms with Gasteiger partial charge in [0.25, 0.3) is 0 Å². The van der Waals surface area contributed by atoms with Gasteiger partial charge < -0.3 is 14.3 Å². The molecule has 204 valence electrons. The second kappa shape index (κ2) is 11.1. The molecular formula is C31H31F3N2O3. The number of hydrogen-bond donors (Lipinski definition) is 0. The lowest BCUT2D eigenvalue weighted by atomic mass is 9.75. The first kappa shape index (κ1) is 26.8. The van der Waals surface area contributed by atoms with E-state index in [-0.39, 0.29) is 12.6 Å². The molecule has 0 saturated heterocycles. The van der Waals surface area contributed by atoms with Gasteiger partial charge in [0.15, 0.2) is 11.5 Å². The van der Waals surface area contributed by atoms with Crippen molar-refractivity contribution in [1.29, 1.82) is 0 Å². The van der Waals surface area contributed by atoms with Crippen molar-refractivity contribution < 1.29 is 27.5 Å². The lowest BCUT2D eigenvalue weighted by molar-refractivity contribution is -0.137. The van der Waals surface area contributed by atoms with Gasteiger partial charge in [-0.25, -0.2) is 0 Å². The number of benzene rings is 3. The molecule has 1 aliphatic carbocycles. The van der Waals surface area contributed by atoms with Gasteiger partial charge in [-0.05, 0) is 66.8 Å². The minimum absolute atomic E-state index is 0.0638. The van der Waals surface area contributed by atoms with Crippen LogP contribution in [0.5, 0.6) is 11.5 Å². The average molecular weight is 537 g/mol. The molecule has 5 nitrogen and oxygen atoms in total. The van der Waals surface area contributed by atoms with E-state index in [1.54, 1.807) is 20.3 Å². The predicted octanol–water partition coefficient (Wildman–Crippen LogP) is 7.54. The maximum Gasteiger partial charge on any atom is 0.416 e. The first-order valence-corrected chi connectivity index (χ1v) is 13.1. The number of fused-ring (bicyclic) bond motifs is 3. The van der Waals surface area contributed by atoms with E-state index >= 15 is 0 Å². The first-order chi connectivity index (χ1) is 18.8. The fourth-order valence-corrected chi connectivity index (χ4v) is 5.49. The fourth-order valence-electron chi connectivity index (χ4n) is 5.49. The van der Waals surface area contributed by atoms with E-state index in [0.29, 0.717) is 22.9 Å². The molecular weight excluding hydrogens is 505 g/mol. The number of rotatable bonds is 7. The van der Waals surface area contributed by atoms with Crippen LogP contribution in [0.25, 0.3) is 0 Å². The van der Waals surface area contributed by atoms with Crippen molar-refractivity contribution in [1.82, 2.24) is 0 Å². The van der Waals surface area contributed by atoms with Crippen molar-refractivity contribution >= 4 is 11.4 Å². The van der Waals surface area contributed by atoms with E-state index < -0.39 is 11.7 Å². The van der Waals surface area contributed by atoms with Gasteiger partial charge in [-0.15, -0.1) is 0 Å². The third-order valence-corrected chi connectivity index (χ3v) is 7.48. The molecule has 0 aromatic heterocycles. The Bertz CT molecular complexity index is 1410. The molecule has 0 spiro atoms. The number of alkyl halides is 3. The van der Waals surface area contributed by atoms with Crippen LogP contribution in [0.1, 0.15) is 71.9 Å². The maximum absolute atomic E-state index is 13.0. The van der Waals surface area contributed by atoms with Gasteiger partial charge in [-0.2, -0.15) is 13.2 Å². The molecule has 0 radical (unpaired) electrons. The van der Waals surface area contributed by atoms with E-state index in [1.807, 2.05) is 37.3 Å². The SMILES string of the molecule is COc1cc2c(cc1OC)[C@H]1CCCC[C@H]1N=C2c1cccc(C(C)=NOCc2cccc(C(F)(F)F)c2)c1. The van der Waals surface area contributed by atoms with Crippen molar-refractivity contribution in [2.24, 2.45) is 10.1 Å². The van der Waals surface area contributed by atoms with Gasteiger partial charge in [0.1, 0.15) is 6.61 Å². The Morgan fingerprint density at radius 3 is 2.46 bits per heavy atom. The second-order valence-corrected chi connectivity index (χ2v) is 9.96. The van der Waals surface area contributed by atoms with Gasteiger partial charge in [-0.1, -0.05) is 48.3 Å². The molecule has 39 heavy (non-hydrogen) atoms. The normalized spacial score (nSPS) is 19.0. The van der Waals surface area contributed by atoms with Crippen LogP contribution in [0.2, 0.25) is 0 Å². The number of nitrogens with zero attached hydrogens (tertiary/aromatic N) is 2.